The van der Waals surface area contributed by atoms with E-state index >= 15 is 0 Å². The number of hydrogen-bond donors (Lipinski definition) is 0. The number of esters is 1. The van der Waals surface area contributed by atoms with Gasteiger partial charge in [-0.2, -0.15) is 0 Å². The average Bonchev–Trinajstić information content (AvgIpc) is 2.65. The number of carbonyl (C=O) groups is 1. The SMILES string of the molecule is C=CCS(=O)(=O)c1ccsc1C(=O)OC. The van der Waals surface area contributed by atoms with Gasteiger partial charge in [-0.3, -0.25) is 0 Å². The number of rotatable bonds is 4. The van der Waals surface area contributed by atoms with E-state index in [1.54, 1.807) is 5.38 Å². The van der Waals surface area contributed by atoms with Crippen molar-refractivity contribution in [2.24, 2.45) is 0 Å². The summed E-state index contributed by atoms with van der Waals surface area (Å²) in [4.78, 5) is 11.4. The second kappa shape index (κ2) is 4.59. The number of carbonyl (C=O) groups excluding carboxylic acids is 1. The summed E-state index contributed by atoms with van der Waals surface area (Å²) in [6.45, 7) is 3.36. The van der Waals surface area contributed by atoms with Crippen molar-refractivity contribution in [3.63, 3.8) is 0 Å². The van der Waals surface area contributed by atoms with E-state index in [-0.39, 0.29) is 15.5 Å². The third kappa shape index (κ3) is 2.45. The van der Waals surface area contributed by atoms with Crippen molar-refractivity contribution in [2.45, 2.75) is 4.90 Å². The molecular weight excluding hydrogens is 236 g/mol. The summed E-state index contributed by atoms with van der Waals surface area (Å²) >= 11 is 1.05. The molecule has 1 rings (SSSR count). The quantitative estimate of drug-likeness (QED) is 0.596. The molecule has 0 aliphatic rings. The van der Waals surface area contributed by atoms with E-state index in [0.717, 1.165) is 11.3 Å². The molecule has 0 fully saturated rings. The van der Waals surface area contributed by atoms with E-state index in [4.69, 9.17) is 0 Å². The van der Waals surface area contributed by atoms with Crippen LogP contribution in [0, 0.1) is 0 Å². The normalized spacial score (nSPS) is 11.0. The van der Waals surface area contributed by atoms with Gasteiger partial charge in [0.15, 0.2) is 9.84 Å². The lowest BCUT2D eigenvalue weighted by Crippen LogP contribution is -2.09. The van der Waals surface area contributed by atoms with E-state index in [1.807, 2.05) is 0 Å². The Hall–Kier alpha value is -1.14. The van der Waals surface area contributed by atoms with Crippen LogP contribution in [0.15, 0.2) is 29.0 Å². The average molecular weight is 246 g/mol. The minimum Gasteiger partial charge on any atom is -0.465 e. The molecule has 0 saturated carbocycles. The topological polar surface area (TPSA) is 60.4 Å². The number of methoxy groups -OCH3 is 1. The Morgan fingerprint density at radius 3 is 2.87 bits per heavy atom. The Morgan fingerprint density at radius 2 is 2.33 bits per heavy atom. The molecule has 1 aromatic heterocycles. The molecule has 6 heteroatoms. The highest BCUT2D eigenvalue weighted by atomic mass is 32.2. The molecule has 0 atom stereocenters. The smallest absolute Gasteiger partial charge is 0.349 e. The van der Waals surface area contributed by atoms with Crippen molar-refractivity contribution in [1.29, 1.82) is 0 Å². The first-order valence-corrected chi connectivity index (χ1v) is 6.55. The molecule has 0 N–H and O–H groups in total. The second-order valence-electron chi connectivity index (χ2n) is 2.68. The van der Waals surface area contributed by atoms with Crippen LogP contribution in [-0.4, -0.2) is 27.2 Å². The fourth-order valence-electron chi connectivity index (χ4n) is 1.03. The number of sulfone groups is 1. The van der Waals surface area contributed by atoms with Crippen molar-refractivity contribution in [1.82, 2.24) is 0 Å². The van der Waals surface area contributed by atoms with E-state index in [0.29, 0.717) is 0 Å². The Kier molecular flexibility index (Phi) is 3.65. The fraction of sp³-hybridized carbons (Fsp3) is 0.222. The molecule has 15 heavy (non-hydrogen) atoms. The summed E-state index contributed by atoms with van der Waals surface area (Å²) in [5.41, 5.74) is 0. The van der Waals surface area contributed by atoms with Gasteiger partial charge in [0.25, 0.3) is 0 Å². The van der Waals surface area contributed by atoms with Crippen molar-refractivity contribution in [3.05, 3.63) is 29.0 Å². The molecule has 0 unspecified atom stereocenters. The summed E-state index contributed by atoms with van der Waals surface area (Å²) < 4.78 is 27.8. The maximum absolute atomic E-state index is 11.7. The van der Waals surface area contributed by atoms with Crippen LogP contribution in [0.1, 0.15) is 9.67 Å². The van der Waals surface area contributed by atoms with Gasteiger partial charge < -0.3 is 4.74 Å². The molecule has 0 spiro atoms. The first kappa shape index (κ1) is 11.9. The summed E-state index contributed by atoms with van der Waals surface area (Å²) in [5.74, 6) is -0.819. The molecule has 0 aliphatic carbocycles. The highest BCUT2D eigenvalue weighted by Crippen LogP contribution is 2.23. The lowest BCUT2D eigenvalue weighted by molar-refractivity contribution is 0.0602. The molecular formula is C9H10O4S2. The van der Waals surface area contributed by atoms with Crippen LogP contribution in [0.5, 0.6) is 0 Å². The monoisotopic (exact) mass is 246 g/mol. The molecule has 0 aliphatic heterocycles. The Bertz CT molecular complexity index is 470. The molecule has 0 saturated heterocycles. The van der Waals surface area contributed by atoms with Crippen molar-refractivity contribution < 1.29 is 17.9 Å². The van der Waals surface area contributed by atoms with E-state index in [9.17, 15) is 13.2 Å². The summed E-state index contributed by atoms with van der Waals surface area (Å²) in [5, 5.41) is 1.54. The second-order valence-corrected chi connectivity index (χ2v) is 5.59. The van der Waals surface area contributed by atoms with Crippen LogP contribution in [0.2, 0.25) is 0 Å². The summed E-state index contributed by atoms with van der Waals surface area (Å²) in [6.07, 6.45) is 1.29. The molecule has 0 aromatic carbocycles. The molecule has 0 bridgehead atoms. The number of hydrogen-bond acceptors (Lipinski definition) is 5. The molecule has 1 aromatic rings. The van der Waals surface area contributed by atoms with E-state index < -0.39 is 15.8 Å². The Balaban J connectivity index is 3.21. The van der Waals surface area contributed by atoms with Crippen LogP contribution in [0.25, 0.3) is 0 Å². The van der Waals surface area contributed by atoms with Crippen LogP contribution in [0.4, 0.5) is 0 Å². The lowest BCUT2D eigenvalue weighted by atomic mass is 10.5. The standard InChI is InChI=1S/C9H10O4S2/c1-3-6-15(11,12)7-4-5-14-8(7)9(10)13-2/h3-5H,1,6H2,2H3. The van der Waals surface area contributed by atoms with Gasteiger partial charge in [-0.15, -0.1) is 17.9 Å². The molecule has 4 nitrogen and oxygen atoms in total. The van der Waals surface area contributed by atoms with Gasteiger partial charge in [0.1, 0.15) is 4.88 Å². The van der Waals surface area contributed by atoms with Gasteiger partial charge in [-0.05, 0) is 11.4 Å². The zero-order valence-electron chi connectivity index (χ0n) is 8.10. The third-order valence-corrected chi connectivity index (χ3v) is 4.38. The minimum atomic E-state index is -3.46. The van der Waals surface area contributed by atoms with Gasteiger partial charge in [0.2, 0.25) is 0 Å². The summed E-state index contributed by atoms with van der Waals surface area (Å²) in [7, 11) is -2.25. The van der Waals surface area contributed by atoms with Crippen LogP contribution in [0.3, 0.4) is 0 Å². The van der Waals surface area contributed by atoms with Crippen LogP contribution >= 0.6 is 11.3 Å². The lowest BCUT2D eigenvalue weighted by Gasteiger charge is -2.01. The molecule has 0 amide bonds. The fourth-order valence-corrected chi connectivity index (χ4v) is 3.48. The third-order valence-electron chi connectivity index (χ3n) is 1.67. The van der Waals surface area contributed by atoms with E-state index in [2.05, 4.69) is 11.3 Å². The van der Waals surface area contributed by atoms with Gasteiger partial charge in [-0.25, -0.2) is 13.2 Å². The van der Waals surface area contributed by atoms with Crippen LogP contribution in [-0.2, 0) is 14.6 Å². The van der Waals surface area contributed by atoms with Crippen molar-refractivity contribution >= 4 is 27.1 Å². The minimum absolute atomic E-state index is 0.0132. The Morgan fingerprint density at radius 1 is 1.67 bits per heavy atom. The molecule has 1 heterocycles. The van der Waals surface area contributed by atoms with E-state index in [1.165, 1.54) is 19.3 Å². The zero-order valence-corrected chi connectivity index (χ0v) is 9.73. The van der Waals surface area contributed by atoms with Crippen molar-refractivity contribution in [3.8, 4) is 0 Å². The maximum Gasteiger partial charge on any atom is 0.349 e. The van der Waals surface area contributed by atoms with Gasteiger partial charge in [0.05, 0.1) is 17.8 Å². The van der Waals surface area contributed by atoms with Gasteiger partial charge >= 0.3 is 5.97 Å². The van der Waals surface area contributed by atoms with Gasteiger partial charge in [0, 0.05) is 0 Å². The Labute approximate surface area is 92.1 Å². The van der Waals surface area contributed by atoms with Crippen molar-refractivity contribution in [2.75, 3.05) is 12.9 Å². The zero-order chi connectivity index (χ0) is 11.5. The number of ether oxygens (including phenoxy) is 1. The number of thiophene rings is 1. The van der Waals surface area contributed by atoms with Gasteiger partial charge in [-0.1, -0.05) is 6.08 Å². The predicted molar refractivity (Wildman–Crippen MR) is 57.9 cm³/mol. The first-order valence-electron chi connectivity index (χ1n) is 4.02. The maximum atomic E-state index is 11.7. The predicted octanol–water partition coefficient (Wildman–Crippen LogP) is 1.49. The highest BCUT2D eigenvalue weighted by molar-refractivity contribution is 7.91. The summed E-state index contributed by atoms with van der Waals surface area (Å²) in [6, 6.07) is 1.40. The largest absolute Gasteiger partial charge is 0.465 e. The van der Waals surface area contributed by atoms with Crippen LogP contribution < -0.4 is 0 Å². The highest BCUT2D eigenvalue weighted by Gasteiger charge is 2.23. The molecule has 0 radical (unpaired) electrons. The first-order chi connectivity index (χ1) is 7.03. The molecule has 82 valence electrons.